The molecule has 118 valence electrons. The summed E-state index contributed by atoms with van der Waals surface area (Å²) in [5.41, 5.74) is 2.71. The molecule has 2 rings (SSSR count). The molecule has 2 nitrogen and oxygen atoms in total. The summed E-state index contributed by atoms with van der Waals surface area (Å²) in [6, 6.07) is 8.94. The molecule has 1 saturated carbocycles. The lowest BCUT2D eigenvalue weighted by Crippen LogP contribution is -2.20. The summed E-state index contributed by atoms with van der Waals surface area (Å²) >= 11 is 0. The zero-order chi connectivity index (χ0) is 14.9. The van der Waals surface area contributed by atoms with Gasteiger partial charge in [-0.3, -0.25) is 0 Å². The van der Waals surface area contributed by atoms with E-state index >= 15 is 0 Å². The summed E-state index contributed by atoms with van der Waals surface area (Å²) < 4.78 is 5.79. The highest BCUT2D eigenvalue weighted by Crippen LogP contribution is 2.29. The third-order valence-corrected chi connectivity index (χ3v) is 4.59. The molecular weight excluding hydrogens is 258 g/mol. The molecule has 0 saturated heterocycles. The Morgan fingerprint density at radius 1 is 1.24 bits per heavy atom. The molecule has 0 aromatic heterocycles. The Morgan fingerprint density at radius 3 is 2.62 bits per heavy atom. The van der Waals surface area contributed by atoms with E-state index in [1.54, 1.807) is 0 Å². The number of rotatable bonds is 10. The standard InChI is InChI=1S/C19H31NO/c1-3-12-20-14-16(2)19-9-7-18(8-10-19)15-21-13-11-17-5-4-6-17/h7-10,16-17,20H,3-6,11-15H2,1-2H3. The first-order valence-electron chi connectivity index (χ1n) is 8.67. The summed E-state index contributed by atoms with van der Waals surface area (Å²) in [6.45, 7) is 8.34. The average molecular weight is 289 g/mol. The fourth-order valence-corrected chi connectivity index (χ4v) is 2.78. The van der Waals surface area contributed by atoms with Crippen molar-refractivity contribution in [2.24, 2.45) is 5.92 Å². The predicted molar refractivity (Wildman–Crippen MR) is 89.6 cm³/mol. The van der Waals surface area contributed by atoms with Crippen LogP contribution < -0.4 is 5.32 Å². The largest absolute Gasteiger partial charge is 0.377 e. The maximum absolute atomic E-state index is 5.79. The predicted octanol–water partition coefficient (Wildman–Crippen LogP) is 4.50. The van der Waals surface area contributed by atoms with Crippen LogP contribution in [-0.2, 0) is 11.3 Å². The Morgan fingerprint density at radius 2 is 2.00 bits per heavy atom. The van der Waals surface area contributed by atoms with E-state index in [-0.39, 0.29) is 0 Å². The molecule has 0 heterocycles. The molecule has 21 heavy (non-hydrogen) atoms. The molecule has 0 spiro atoms. The second kappa shape index (κ2) is 9.22. The van der Waals surface area contributed by atoms with Crippen molar-refractivity contribution < 1.29 is 4.74 Å². The zero-order valence-corrected chi connectivity index (χ0v) is 13.7. The molecule has 2 heteroatoms. The lowest BCUT2D eigenvalue weighted by atomic mass is 9.83. The Balaban J connectivity index is 1.65. The van der Waals surface area contributed by atoms with Crippen molar-refractivity contribution >= 4 is 0 Å². The van der Waals surface area contributed by atoms with Crippen LogP contribution in [0.25, 0.3) is 0 Å². The highest BCUT2D eigenvalue weighted by molar-refractivity contribution is 5.24. The Hall–Kier alpha value is -0.860. The van der Waals surface area contributed by atoms with Gasteiger partial charge in [0.2, 0.25) is 0 Å². The van der Waals surface area contributed by atoms with E-state index in [1.807, 2.05) is 0 Å². The molecule has 1 fully saturated rings. The summed E-state index contributed by atoms with van der Waals surface area (Å²) in [4.78, 5) is 0. The van der Waals surface area contributed by atoms with Gasteiger partial charge in [0.05, 0.1) is 6.61 Å². The Labute approximate surface area is 130 Å². The number of hydrogen-bond donors (Lipinski definition) is 1. The SMILES string of the molecule is CCCNCC(C)c1ccc(COCCC2CCC2)cc1. The first-order chi connectivity index (χ1) is 10.3. The van der Waals surface area contributed by atoms with Gasteiger partial charge >= 0.3 is 0 Å². The summed E-state index contributed by atoms with van der Waals surface area (Å²) in [5.74, 6) is 1.52. The van der Waals surface area contributed by atoms with E-state index in [1.165, 1.54) is 43.2 Å². The van der Waals surface area contributed by atoms with E-state index in [9.17, 15) is 0 Å². The first-order valence-corrected chi connectivity index (χ1v) is 8.67. The van der Waals surface area contributed by atoms with Crippen molar-refractivity contribution in [1.82, 2.24) is 5.32 Å². The Kier molecular flexibility index (Phi) is 7.25. The molecule has 1 aliphatic rings. The minimum absolute atomic E-state index is 0.574. The maximum Gasteiger partial charge on any atom is 0.0716 e. The highest BCUT2D eigenvalue weighted by Gasteiger charge is 2.16. The van der Waals surface area contributed by atoms with Crippen LogP contribution in [0.5, 0.6) is 0 Å². The van der Waals surface area contributed by atoms with Crippen LogP contribution in [0.2, 0.25) is 0 Å². The molecule has 1 aliphatic carbocycles. The fourth-order valence-electron chi connectivity index (χ4n) is 2.78. The smallest absolute Gasteiger partial charge is 0.0716 e. The van der Waals surface area contributed by atoms with Gasteiger partial charge in [0.15, 0.2) is 0 Å². The lowest BCUT2D eigenvalue weighted by molar-refractivity contribution is 0.0950. The van der Waals surface area contributed by atoms with Crippen molar-refractivity contribution in [2.75, 3.05) is 19.7 Å². The number of benzene rings is 1. The summed E-state index contributed by atoms with van der Waals surface area (Å²) in [5, 5.41) is 3.49. The highest BCUT2D eigenvalue weighted by atomic mass is 16.5. The van der Waals surface area contributed by atoms with E-state index in [0.717, 1.165) is 32.2 Å². The van der Waals surface area contributed by atoms with Crippen LogP contribution >= 0.6 is 0 Å². The normalized spacial score (nSPS) is 16.7. The van der Waals surface area contributed by atoms with E-state index < -0.39 is 0 Å². The number of hydrogen-bond acceptors (Lipinski definition) is 2. The molecule has 0 bridgehead atoms. The van der Waals surface area contributed by atoms with Gasteiger partial charge in [-0.2, -0.15) is 0 Å². The number of ether oxygens (including phenoxy) is 1. The van der Waals surface area contributed by atoms with Gasteiger partial charge in [-0.1, -0.05) is 57.4 Å². The van der Waals surface area contributed by atoms with Crippen molar-refractivity contribution in [2.45, 2.75) is 58.5 Å². The van der Waals surface area contributed by atoms with Crippen LogP contribution in [0.15, 0.2) is 24.3 Å². The molecule has 1 atom stereocenters. The van der Waals surface area contributed by atoms with Crippen LogP contribution in [0.1, 0.15) is 63.0 Å². The number of nitrogens with one attached hydrogen (secondary N) is 1. The van der Waals surface area contributed by atoms with Crippen LogP contribution in [0.3, 0.4) is 0 Å². The molecule has 1 unspecified atom stereocenters. The second-order valence-electron chi connectivity index (χ2n) is 6.48. The van der Waals surface area contributed by atoms with Gasteiger partial charge in [-0.15, -0.1) is 0 Å². The maximum atomic E-state index is 5.79. The van der Waals surface area contributed by atoms with Crippen molar-refractivity contribution in [3.05, 3.63) is 35.4 Å². The van der Waals surface area contributed by atoms with Crippen molar-refractivity contribution in [3.63, 3.8) is 0 Å². The molecule has 0 aliphatic heterocycles. The fraction of sp³-hybridized carbons (Fsp3) is 0.684. The van der Waals surface area contributed by atoms with Crippen LogP contribution in [0.4, 0.5) is 0 Å². The van der Waals surface area contributed by atoms with E-state index in [0.29, 0.717) is 5.92 Å². The van der Waals surface area contributed by atoms with Crippen LogP contribution in [0, 0.1) is 5.92 Å². The van der Waals surface area contributed by atoms with Gasteiger partial charge in [0, 0.05) is 13.2 Å². The minimum atomic E-state index is 0.574. The summed E-state index contributed by atoms with van der Waals surface area (Å²) in [7, 11) is 0. The van der Waals surface area contributed by atoms with Crippen LogP contribution in [-0.4, -0.2) is 19.7 Å². The Bertz CT molecular complexity index is 383. The monoisotopic (exact) mass is 289 g/mol. The molecule has 1 aromatic rings. The second-order valence-corrected chi connectivity index (χ2v) is 6.48. The van der Waals surface area contributed by atoms with Gasteiger partial charge in [-0.05, 0) is 42.3 Å². The minimum Gasteiger partial charge on any atom is -0.377 e. The molecule has 0 amide bonds. The van der Waals surface area contributed by atoms with Gasteiger partial charge in [0.25, 0.3) is 0 Å². The molecule has 0 radical (unpaired) electrons. The molecule has 1 N–H and O–H groups in total. The van der Waals surface area contributed by atoms with Gasteiger partial charge in [-0.25, -0.2) is 0 Å². The summed E-state index contributed by atoms with van der Waals surface area (Å²) in [6.07, 6.45) is 6.71. The average Bonchev–Trinajstić information content (AvgIpc) is 2.46. The molecule has 1 aromatic carbocycles. The van der Waals surface area contributed by atoms with Gasteiger partial charge in [0.1, 0.15) is 0 Å². The lowest BCUT2D eigenvalue weighted by Gasteiger charge is -2.24. The van der Waals surface area contributed by atoms with E-state index in [2.05, 4.69) is 43.4 Å². The van der Waals surface area contributed by atoms with Crippen molar-refractivity contribution in [1.29, 1.82) is 0 Å². The van der Waals surface area contributed by atoms with E-state index in [4.69, 9.17) is 4.74 Å². The third-order valence-electron chi connectivity index (χ3n) is 4.59. The van der Waals surface area contributed by atoms with Crippen molar-refractivity contribution in [3.8, 4) is 0 Å². The van der Waals surface area contributed by atoms with Gasteiger partial charge < -0.3 is 10.1 Å². The topological polar surface area (TPSA) is 21.3 Å². The third kappa shape index (κ3) is 5.80. The molecular formula is C19H31NO. The quantitative estimate of drug-likeness (QED) is 0.640. The zero-order valence-electron chi connectivity index (χ0n) is 13.7. The first kappa shape index (κ1) is 16.5.